The van der Waals surface area contributed by atoms with Crippen LogP contribution in [-0.4, -0.2) is 98.0 Å². The predicted octanol–water partition coefficient (Wildman–Crippen LogP) is 4.01. The van der Waals surface area contributed by atoms with Crippen molar-refractivity contribution in [3.05, 3.63) is 24.3 Å². The molecule has 3 saturated heterocycles. The number of hydrogen-bond donors (Lipinski definition) is 0. The highest BCUT2D eigenvalue weighted by molar-refractivity contribution is 5.91. The molecule has 0 N–H and O–H groups in total. The zero-order chi connectivity index (χ0) is 32.7. The van der Waals surface area contributed by atoms with Crippen LogP contribution in [0.5, 0.6) is 0 Å². The van der Waals surface area contributed by atoms with Crippen LogP contribution in [0.25, 0.3) is 0 Å². The molecule has 5 aliphatic carbocycles. The third-order valence-electron chi connectivity index (χ3n) is 14.0. The van der Waals surface area contributed by atoms with Crippen molar-refractivity contribution in [2.24, 2.45) is 52.8 Å². The Morgan fingerprint density at radius 3 is 1.87 bits per heavy atom. The second-order valence-corrected chi connectivity index (χ2v) is 17.1. The zero-order valence-corrected chi connectivity index (χ0v) is 28.5. The normalized spacial score (nSPS) is 50.2. The Morgan fingerprint density at radius 2 is 1.30 bits per heavy atom. The first-order valence-electron chi connectivity index (χ1n) is 17.7. The van der Waals surface area contributed by atoms with Crippen LogP contribution in [0.4, 0.5) is 0 Å². The smallest absolute Gasteiger partial charge is 0.310 e. The Morgan fingerprint density at radius 1 is 0.761 bits per heavy atom. The van der Waals surface area contributed by atoms with E-state index < -0.39 is 22.4 Å². The second-order valence-electron chi connectivity index (χ2n) is 17.1. The molecular weight excluding hydrogens is 584 g/mol. The van der Waals surface area contributed by atoms with Gasteiger partial charge in [0.1, 0.15) is 29.2 Å². The summed E-state index contributed by atoms with van der Waals surface area (Å²) < 4.78 is 27.4. The lowest BCUT2D eigenvalue weighted by atomic mass is 9.59. The van der Waals surface area contributed by atoms with Crippen LogP contribution in [0.3, 0.4) is 0 Å². The molecule has 0 aromatic heterocycles. The molecule has 8 rings (SSSR count). The fraction of sp³-hybridized carbons (Fsp3) is 0.811. The van der Waals surface area contributed by atoms with Crippen LogP contribution in [0.1, 0.15) is 65.2 Å². The average Bonchev–Trinajstić information content (AvgIpc) is 3.67. The minimum atomic E-state index is -0.951. The molecule has 0 aromatic carbocycles. The quantitative estimate of drug-likeness (QED) is 0.335. The SMILES string of the molecule is C=C1CC[C@H]2C(CN(C)C)C(=O)O[C@@H]2C2[C@H]1CC(=O)[C@]21CC[C@@]23OC(C)(C)O[C@]21C[C@H]1C(=C)CC[C@H]2C(CN(C)C)C(=O)O[C@@H]2[C@H]13. The lowest BCUT2D eigenvalue weighted by Gasteiger charge is -2.48. The first-order chi connectivity index (χ1) is 21.7. The van der Waals surface area contributed by atoms with E-state index in [-0.39, 0.29) is 77.3 Å². The molecule has 3 aliphatic heterocycles. The molecule has 5 saturated carbocycles. The van der Waals surface area contributed by atoms with Crippen LogP contribution in [0, 0.1) is 52.8 Å². The van der Waals surface area contributed by atoms with Gasteiger partial charge in [0, 0.05) is 43.2 Å². The number of rotatable bonds is 4. The lowest BCUT2D eigenvalue weighted by Crippen LogP contribution is -2.62. The van der Waals surface area contributed by atoms with Crippen LogP contribution in [-0.2, 0) is 33.3 Å². The number of fused-ring (bicyclic) bond motifs is 7. The van der Waals surface area contributed by atoms with Crippen molar-refractivity contribution in [3.8, 4) is 0 Å². The molecule has 0 amide bonds. The van der Waals surface area contributed by atoms with Crippen molar-refractivity contribution in [2.75, 3.05) is 41.3 Å². The van der Waals surface area contributed by atoms with E-state index in [1.165, 1.54) is 0 Å². The van der Waals surface area contributed by atoms with Gasteiger partial charge in [0.15, 0.2) is 5.79 Å². The summed E-state index contributed by atoms with van der Waals surface area (Å²) in [7, 11) is 8.00. The van der Waals surface area contributed by atoms with Crippen molar-refractivity contribution >= 4 is 17.7 Å². The molecule has 13 atom stereocenters. The van der Waals surface area contributed by atoms with E-state index in [0.717, 1.165) is 36.8 Å². The van der Waals surface area contributed by atoms with E-state index in [9.17, 15) is 9.59 Å². The van der Waals surface area contributed by atoms with Gasteiger partial charge in [0.25, 0.3) is 0 Å². The van der Waals surface area contributed by atoms with Crippen molar-refractivity contribution in [1.82, 2.24) is 9.80 Å². The van der Waals surface area contributed by atoms with E-state index in [1.54, 1.807) is 0 Å². The van der Waals surface area contributed by atoms with Gasteiger partial charge in [-0.2, -0.15) is 0 Å². The van der Waals surface area contributed by atoms with Crippen LogP contribution in [0.2, 0.25) is 0 Å². The summed E-state index contributed by atoms with van der Waals surface area (Å²) in [6, 6.07) is 0. The standard InChI is InChI=1S/C37H52N2O7/c1-19-9-11-21-25(17-38(5)6)32(41)43-30(21)28-23(19)15-27(40)35(28)13-14-36-29-24(16-37(35,36)46-34(3,4)45-36)20(2)10-12-22-26(18-39(7)8)33(42)44-31(22)29/h21-26,28-31H,1-2,9-18H2,3-8H3/t21-,22-,23-,24-,25?,26?,28?,29-,30-,31-,35+,36-,37-/m0/s1. The lowest BCUT2D eigenvalue weighted by molar-refractivity contribution is -0.218. The average molecular weight is 637 g/mol. The molecular formula is C37H52N2O7. The van der Waals surface area contributed by atoms with E-state index in [0.29, 0.717) is 38.8 Å². The van der Waals surface area contributed by atoms with Crippen molar-refractivity contribution in [2.45, 2.75) is 94.4 Å². The van der Waals surface area contributed by atoms with Crippen molar-refractivity contribution in [1.29, 1.82) is 0 Å². The Hall–Kier alpha value is -2.07. The number of hydrogen-bond acceptors (Lipinski definition) is 9. The number of nitrogens with zero attached hydrogens (tertiary/aromatic N) is 2. The number of Topliss-reactive ketones (excluding diaryl/α,β-unsaturated/α-hetero) is 1. The molecule has 3 unspecified atom stereocenters. The first-order valence-corrected chi connectivity index (χ1v) is 17.7. The van der Waals surface area contributed by atoms with Gasteiger partial charge in [-0.25, -0.2) is 0 Å². The van der Waals surface area contributed by atoms with Crippen molar-refractivity contribution < 1.29 is 33.3 Å². The number of allylic oxidation sites excluding steroid dienone is 2. The van der Waals surface area contributed by atoms with Crippen LogP contribution >= 0.6 is 0 Å². The molecule has 0 aromatic rings. The second kappa shape index (κ2) is 9.99. The molecule has 3 heterocycles. The molecule has 8 aliphatic rings. The minimum Gasteiger partial charge on any atom is -0.461 e. The maximum atomic E-state index is 15.0. The fourth-order valence-electron chi connectivity index (χ4n) is 12.8. The van der Waals surface area contributed by atoms with Gasteiger partial charge >= 0.3 is 11.9 Å². The summed E-state index contributed by atoms with van der Waals surface area (Å²) in [5.74, 6) is -1.85. The number of ether oxygens (including phenoxy) is 4. The Bertz CT molecular complexity index is 1410. The van der Waals surface area contributed by atoms with Crippen molar-refractivity contribution in [3.63, 3.8) is 0 Å². The number of carbonyl (C=O) groups is 3. The Kier molecular flexibility index (Phi) is 6.78. The Balaban J connectivity index is 1.28. The third kappa shape index (κ3) is 3.80. The summed E-state index contributed by atoms with van der Waals surface area (Å²) in [6.07, 6.45) is 4.85. The monoisotopic (exact) mass is 636 g/mol. The topological polar surface area (TPSA) is 94.6 Å². The van der Waals surface area contributed by atoms with Gasteiger partial charge in [0.2, 0.25) is 0 Å². The predicted molar refractivity (Wildman–Crippen MR) is 169 cm³/mol. The Labute approximate surface area is 273 Å². The molecule has 9 nitrogen and oxygen atoms in total. The highest BCUT2D eigenvalue weighted by Gasteiger charge is 2.88. The van der Waals surface area contributed by atoms with Gasteiger partial charge < -0.3 is 28.7 Å². The molecule has 46 heavy (non-hydrogen) atoms. The van der Waals surface area contributed by atoms with E-state index in [4.69, 9.17) is 18.9 Å². The summed E-state index contributed by atoms with van der Waals surface area (Å²) >= 11 is 0. The van der Waals surface area contributed by atoms with Gasteiger partial charge in [-0.15, -0.1) is 0 Å². The summed E-state index contributed by atoms with van der Waals surface area (Å²) in [4.78, 5) is 46.3. The van der Waals surface area contributed by atoms with Gasteiger partial charge in [-0.3, -0.25) is 14.4 Å². The largest absolute Gasteiger partial charge is 0.461 e. The summed E-state index contributed by atoms with van der Waals surface area (Å²) in [5, 5.41) is 0. The van der Waals surface area contributed by atoms with Crippen LogP contribution in [0.15, 0.2) is 24.3 Å². The van der Waals surface area contributed by atoms with E-state index in [1.807, 2.05) is 42.0 Å². The number of carbonyl (C=O) groups excluding carboxylic acids is 3. The summed E-state index contributed by atoms with van der Waals surface area (Å²) in [6.45, 7) is 14.4. The van der Waals surface area contributed by atoms with E-state index >= 15 is 4.79 Å². The first kappa shape index (κ1) is 31.2. The van der Waals surface area contributed by atoms with Gasteiger partial charge in [-0.1, -0.05) is 24.3 Å². The highest BCUT2D eigenvalue weighted by Crippen LogP contribution is 2.79. The zero-order valence-electron chi connectivity index (χ0n) is 28.5. The number of ketones is 1. The minimum absolute atomic E-state index is 0.00146. The summed E-state index contributed by atoms with van der Waals surface area (Å²) in [5.41, 5.74) is -0.429. The molecule has 0 radical (unpaired) electrons. The number of esters is 2. The molecule has 9 heteroatoms. The molecule has 252 valence electrons. The van der Waals surface area contributed by atoms with Crippen LogP contribution < -0.4 is 0 Å². The fourth-order valence-corrected chi connectivity index (χ4v) is 12.8. The third-order valence-corrected chi connectivity index (χ3v) is 14.0. The van der Waals surface area contributed by atoms with Gasteiger partial charge in [-0.05, 0) is 98.8 Å². The molecule has 0 bridgehead atoms. The maximum absolute atomic E-state index is 15.0. The van der Waals surface area contributed by atoms with Gasteiger partial charge in [0.05, 0.1) is 17.3 Å². The highest BCUT2D eigenvalue weighted by atomic mass is 16.8. The molecule has 8 fully saturated rings. The maximum Gasteiger partial charge on any atom is 0.310 e. The van der Waals surface area contributed by atoms with E-state index in [2.05, 4.69) is 23.0 Å². The molecule has 1 spiro atoms.